The van der Waals surface area contributed by atoms with Crippen LogP contribution in [0.15, 0.2) is 40.2 Å². The van der Waals surface area contributed by atoms with Gasteiger partial charge in [-0.3, -0.25) is 4.99 Å². The third-order valence-corrected chi connectivity index (χ3v) is 5.89. The van der Waals surface area contributed by atoms with Crippen LogP contribution in [0.3, 0.4) is 0 Å². The molecule has 0 radical (unpaired) electrons. The van der Waals surface area contributed by atoms with Crippen molar-refractivity contribution in [2.75, 3.05) is 33.7 Å². The molecule has 2 rings (SSSR count). The van der Waals surface area contributed by atoms with Gasteiger partial charge in [0.15, 0.2) is 5.96 Å². The molecule has 0 unspecified atom stereocenters. The van der Waals surface area contributed by atoms with Gasteiger partial charge in [-0.05, 0) is 30.9 Å². The molecule has 1 aliphatic heterocycles. The Labute approximate surface area is 132 Å². The van der Waals surface area contributed by atoms with Crippen LogP contribution in [0.25, 0.3) is 0 Å². The van der Waals surface area contributed by atoms with Gasteiger partial charge in [0, 0.05) is 33.7 Å². The van der Waals surface area contributed by atoms with Crippen LogP contribution in [0, 0.1) is 5.92 Å². The predicted octanol–water partition coefficient (Wildman–Crippen LogP) is 0.882. The van der Waals surface area contributed by atoms with Gasteiger partial charge in [-0.2, -0.15) is 4.31 Å². The lowest BCUT2D eigenvalue weighted by atomic mass is 9.98. The smallest absolute Gasteiger partial charge is 0.243 e. The number of hydrogen-bond donors (Lipinski definition) is 2. The minimum Gasteiger partial charge on any atom is -0.359 e. The first kappa shape index (κ1) is 16.8. The van der Waals surface area contributed by atoms with Gasteiger partial charge in [0.1, 0.15) is 0 Å². The first-order valence-corrected chi connectivity index (χ1v) is 8.95. The minimum atomic E-state index is -3.35. The molecule has 0 spiro atoms. The topological polar surface area (TPSA) is 73.8 Å². The maximum Gasteiger partial charge on any atom is 0.243 e. The monoisotopic (exact) mass is 324 g/mol. The average molecular weight is 324 g/mol. The standard InChI is InChI=1S/C15H24N4O2S/c1-16-15(17-2)18-12-13-8-10-19(11-9-13)22(20,21)14-6-4-3-5-7-14/h3-7,13H,8-12H2,1-2H3,(H2,16,17,18). The number of rotatable bonds is 4. The Morgan fingerprint density at radius 3 is 2.45 bits per heavy atom. The van der Waals surface area contributed by atoms with Crippen molar-refractivity contribution >= 4 is 16.0 Å². The summed E-state index contributed by atoms with van der Waals surface area (Å²) in [4.78, 5) is 4.45. The zero-order valence-electron chi connectivity index (χ0n) is 13.1. The van der Waals surface area contributed by atoms with E-state index in [1.807, 2.05) is 13.1 Å². The van der Waals surface area contributed by atoms with Gasteiger partial charge in [-0.25, -0.2) is 8.42 Å². The number of nitrogens with one attached hydrogen (secondary N) is 2. The van der Waals surface area contributed by atoms with E-state index in [9.17, 15) is 8.42 Å². The molecule has 122 valence electrons. The normalized spacial score (nSPS) is 18.2. The van der Waals surface area contributed by atoms with Crippen LogP contribution in [0.4, 0.5) is 0 Å². The number of hydrogen-bond acceptors (Lipinski definition) is 3. The van der Waals surface area contributed by atoms with E-state index >= 15 is 0 Å². The SMILES string of the molecule is CN=C(NC)NCC1CCN(S(=O)(=O)c2ccccc2)CC1. The average Bonchev–Trinajstić information content (AvgIpc) is 2.57. The zero-order chi connectivity index (χ0) is 16.0. The summed E-state index contributed by atoms with van der Waals surface area (Å²) in [6.45, 7) is 1.95. The molecule has 0 aliphatic carbocycles. The predicted molar refractivity (Wildman–Crippen MR) is 88.3 cm³/mol. The first-order valence-electron chi connectivity index (χ1n) is 7.51. The zero-order valence-corrected chi connectivity index (χ0v) is 13.9. The van der Waals surface area contributed by atoms with Gasteiger partial charge in [0.2, 0.25) is 10.0 Å². The van der Waals surface area contributed by atoms with Gasteiger partial charge in [-0.15, -0.1) is 0 Å². The van der Waals surface area contributed by atoms with Gasteiger partial charge in [-0.1, -0.05) is 18.2 Å². The molecule has 1 fully saturated rings. The van der Waals surface area contributed by atoms with Crippen LogP contribution < -0.4 is 10.6 Å². The second kappa shape index (κ2) is 7.60. The summed E-state index contributed by atoms with van der Waals surface area (Å²) in [6.07, 6.45) is 1.72. The Balaban J connectivity index is 1.90. The van der Waals surface area contributed by atoms with Crippen LogP contribution in [-0.4, -0.2) is 52.4 Å². The number of aliphatic imine (C=N–C) groups is 1. The van der Waals surface area contributed by atoms with Crippen molar-refractivity contribution in [1.29, 1.82) is 0 Å². The number of guanidine groups is 1. The van der Waals surface area contributed by atoms with E-state index in [4.69, 9.17) is 0 Å². The molecule has 6 nitrogen and oxygen atoms in total. The number of nitrogens with zero attached hydrogens (tertiary/aromatic N) is 2. The van der Waals surface area contributed by atoms with E-state index in [1.54, 1.807) is 35.6 Å². The lowest BCUT2D eigenvalue weighted by Crippen LogP contribution is -2.43. The van der Waals surface area contributed by atoms with Crippen LogP contribution in [-0.2, 0) is 10.0 Å². The van der Waals surface area contributed by atoms with E-state index in [-0.39, 0.29) is 0 Å². The maximum atomic E-state index is 12.5. The van der Waals surface area contributed by atoms with Crippen molar-refractivity contribution < 1.29 is 8.42 Å². The summed E-state index contributed by atoms with van der Waals surface area (Å²) in [5.74, 6) is 1.23. The van der Waals surface area contributed by atoms with Crippen LogP contribution in [0.5, 0.6) is 0 Å². The lowest BCUT2D eigenvalue weighted by molar-refractivity contribution is 0.273. The maximum absolute atomic E-state index is 12.5. The van der Waals surface area contributed by atoms with E-state index in [2.05, 4.69) is 15.6 Å². The molecule has 2 N–H and O–H groups in total. The van der Waals surface area contributed by atoms with E-state index in [0.717, 1.165) is 25.3 Å². The Morgan fingerprint density at radius 1 is 1.27 bits per heavy atom. The third-order valence-electron chi connectivity index (χ3n) is 3.97. The van der Waals surface area contributed by atoms with Crippen molar-refractivity contribution in [3.05, 3.63) is 30.3 Å². The molecule has 1 saturated heterocycles. The number of benzene rings is 1. The summed E-state index contributed by atoms with van der Waals surface area (Å²) in [5.41, 5.74) is 0. The van der Waals surface area contributed by atoms with Gasteiger partial charge >= 0.3 is 0 Å². The van der Waals surface area contributed by atoms with Crippen LogP contribution >= 0.6 is 0 Å². The Bertz CT molecular complexity index is 593. The molecular weight excluding hydrogens is 300 g/mol. The number of piperidine rings is 1. The number of sulfonamides is 1. The molecule has 1 aromatic rings. The van der Waals surface area contributed by atoms with Gasteiger partial charge in [0.05, 0.1) is 4.90 Å². The molecule has 1 heterocycles. The Morgan fingerprint density at radius 2 is 1.91 bits per heavy atom. The fraction of sp³-hybridized carbons (Fsp3) is 0.533. The highest BCUT2D eigenvalue weighted by atomic mass is 32.2. The molecule has 0 saturated carbocycles. The Kier molecular flexibility index (Phi) is 5.79. The molecular formula is C15H24N4O2S. The highest BCUT2D eigenvalue weighted by Crippen LogP contribution is 2.23. The van der Waals surface area contributed by atoms with Gasteiger partial charge < -0.3 is 10.6 Å². The summed E-state index contributed by atoms with van der Waals surface area (Å²) in [7, 11) is 0.205. The Hall–Kier alpha value is -1.60. The van der Waals surface area contributed by atoms with Crippen molar-refractivity contribution in [2.45, 2.75) is 17.7 Å². The molecule has 0 atom stereocenters. The van der Waals surface area contributed by atoms with Crippen molar-refractivity contribution in [3.8, 4) is 0 Å². The molecule has 7 heteroatoms. The second-order valence-electron chi connectivity index (χ2n) is 5.36. The molecule has 1 aromatic carbocycles. The summed E-state index contributed by atoms with van der Waals surface area (Å²) < 4.78 is 26.7. The van der Waals surface area contributed by atoms with Crippen molar-refractivity contribution in [1.82, 2.24) is 14.9 Å². The van der Waals surface area contributed by atoms with Crippen LogP contribution in [0.1, 0.15) is 12.8 Å². The van der Waals surface area contributed by atoms with E-state index < -0.39 is 10.0 Å². The fourth-order valence-corrected chi connectivity index (χ4v) is 4.11. The molecule has 0 aromatic heterocycles. The molecule has 0 amide bonds. The highest BCUT2D eigenvalue weighted by Gasteiger charge is 2.29. The van der Waals surface area contributed by atoms with Crippen LogP contribution in [0.2, 0.25) is 0 Å². The summed E-state index contributed by atoms with van der Waals surface area (Å²) in [5, 5.41) is 6.22. The molecule has 22 heavy (non-hydrogen) atoms. The van der Waals surface area contributed by atoms with Gasteiger partial charge in [0.25, 0.3) is 0 Å². The fourth-order valence-electron chi connectivity index (χ4n) is 2.62. The summed E-state index contributed by atoms with van der Waals surface area (Å²) in [6, 6.07) is 8.64. The molecule has 1 aliphatic rings. The summed E-state index contributed by atoms with van der Waals surface area (Å²) >= 11 is 0. The lowest BCUT2D eigenvalue weighted by Gasteiger charge is -2.31. The third kappa shape index (κ3) is 3.98. The quantitative estimate of drug-likeness (QED) is 0.637. The van der Waals surface area contributed by atoms with E-state index in [0.29, 0.717) is 23.9 Å². The van der Waals surface area contributed by atoms with Crippen molar-refractivity contribution in [3.63, 3.8) is 0 Å². The minimum absolute atomic E-state index is 0.377. The largest absolute Gasteiger partial charge is 0.359 e. The van der Waals surface area contributed by atoms with Crippen molar-refractivity contribution in [2.24, 2.45) is 10.9 Å². The second-order valence-corrected chi connectivity index (χ2v) is 7.30. The molecule has 0 bridgehead atoms. The first-order chi connectivity index (χ1) is 10.6. The van der Waals surface area contributed by atoms with E-state index in [1.165, 1.54) is 0 Å². The highest BCUT2D eigenvalue weighted by molar-refractivity contribution is 7.89.